The summed E-state index contributed by atoms with van der Waals surface area (Å²) in [7, 11) is 3.01. The molecule has 250 valence electrons. The van der Waals surface area contributed by atoms with Gasteiger partial charge in [-0.25, -0.2) is 18.7 Å². The largest absolute Gasteiger partial charge is 0.481 e. The highest BCUT2D eigenvalue weighted by Crippen LogP contribution is 2.36. The number of nitrogens with one attached hydrogen (secondary N) is 4. The second kappa shape index (κ2) is 14.9. The maximum Gasteiger partial charge on any atom is 0.220 e. The van der Waals surface area contributed by atoms with Gasteiger partial charge in [-0.1, -0.05) is 36.4 Å². The lowest BCUT2D eigenvalue weighted by molar-refractivity contribution is -0.120. The fraction of sp³-hybridized carbons (Fsp3) is 0.333. The van der Waals surface area contributed by atoms with E-state index in [1.54, 1.807) is 36.4 Å². The van der Waals surface area contributed by atoms with Crippen molar-refractivity contribution in [2.24, 2.45) is 0 Å². The number of halogens is 2. The average Bonchev–Trinajstić information content (AvgIpc) is 3.72. The van der Waals surface area contributed by atoms with Crippen molar-refractivity contribution in [1.29, 1.82) is 0 Å². The minimum atomic E-state index is -0.614. The van der Waals surface area contributed by atoms with Crippen LogP contribution in [0.3, 0.4) is 0 Å². The first-order chi connectivity index (χ1) is 23.3. The summed E-state index contributed by atoms with van der Waals surface area (Å²) in [6.07, 6.45) is 2.65. The summed E-state index contributed by atoms with van der Waals surface area (Å²) in [6, 6.07) is 16.8. The number of hydrogen-bond acceptors (Lipinski definition) is 8. The van der Waals surface area contributed by atoms with Gasteiger partial charge in [0.25, 0.3) is 0 Å². The van der Waals surface area contributed by atoms with E-state index < -0.39 is 11.6 Å². The van der Waals surface area contributed by atoms with Crippen LogP contribution in [-0.2, 0) is 22.7 Å². The number of nitrogens with zero attached hydrogens (tertiary/aromatic N) is 2. The Morgan fingerprint density at radius 1 is 0.667 bits per heavy atom. The number of rotatable bonds is 13. The standard InChI is InChI=1S/C36H38F2N6O4/c1-47-35-21(17-39-19-23-11-15-31(45)41-23)9-13-29(43-35)27-7-3-5-25(33(27)37)26-6-4-8-28(34(26)38)30-14-10-22(36(44-30)48-2)18-40-20-24-12-16-32(46)42-24/h3-10,13-14,23-24,39-40H,11-12,15-20H2,1-2H3,(H,41,45)(H,42,46)/t23-,24-/m0/s1. The van der Waals surface area contributed by atoms with Gasteiger partial charge in [-0.3, -0.25) is 9.59 Å². The fourth-order valence-corrected chi connectivity index (χ4v) is 6.16. The third-order valence-corrected chi connectivity index (χ3v) is 8.69. The molecule has 4 N–H and O–H groups in total. The molecule has 2 fully saturated rings. The van der Waals surface area contributed by atoms with Gasteiger partial charge >= 0.3 is 0 Å². The van der Waals surface area contributed by atoms with Crippen LogP contribution in [0.4, 0.5) is 8.78 Å². The first-order valence-electron chi connectivity index (χ1n) is 16.0. The molecule has 2 aromatic carbocycles. The maximum absolute atomic E-state index is 16.2. The second-order valence-corrected chi connectivity index (χ2v) is 11.9. The van der Waals surface area contributed by atoms with Gasteiger partial charge in [0, 0.05) is 84.5 Å². The molecule has 2 aliphatic rings. The first kappa shape index (κ1) is 33.0. The highest BCUT2D eigenvalue weighted by atomic mass is 19.1. The van der Waals surface area contributed by atoms with Crippen LogP contribution in [0.25, 0.3) is 33.6 Å². The molecule has 0 aliphatic carbocycles. The zero-order valence-corrected chi connectivity index (χ0v) is 26.9. The Kier molecular flexibility index (Phi) is 10.2. The van der Waals surface area contributed by atoms with Crippen LogP contribution in [0.5, 0.6) is 11.8 Å². The quantitative estimate of drug-likeness (QED) is 0.166. The Morgan fingerprint density at radius 3 is 1.46 bits per heavy atom. The summed E-state index contributed by atoms with van der Waals surface area (Å²) in [5.41, 5.74) is 2.85. The van der Waals surface area contributed by atoms with Gasteiger partial charge in [-0.2, -0.15) is 0 Å². The van der Waals surface area contributed by atoms with Crippen molar-refractivity contribution in [2.75, 3.05) is 27.3 Å². The average molecular weight is 657 g/mol. The van der Waals surface area contributed by atoms with Crippen molar-refractivity contribution in [3.8, 4) is 45.4 Å². The highest BCUT2D eigenvalue weighted by Gasteiger charge is 2.23. The van der Waals surface area contributed by atoms with E-state index in [1.807, 2.05) is 12.1 Å². The molecule has 2 saturated heterocycles. The molecule has 2 atom stereocenters. The van der Waals surface area contributed by atoms with Gasteiger partial charge in [-0.05, 0) is 37.1 Å². The Balaban J connectivity index is 1.20. The smallest absolute Gasteiger partial charge is 0.220 e. The van der Waals surface area contributed by atoms with E-state index in [9.17, 15) is 9.59 Å². The lowest BCUT2D eigenvalue weighted by atomic mass is 9.97. The molecule has 0 bridgehead atoms. The minimum absolute atomic E-state index is 0.0601. The second-order valence-electron chi connectivity index (χ2n) is 11.9. The summed E-state index contributed by atoms with van der Waals surface area (Å²) in [5.74, 6) is -0.419. The topological polar surface area (TPSA) is 126 Å². The van der Waals surface area contributed by atoms with Crippen LogP contribution >= 0.6 is 0 Å². The summed E-state index contributed by atoms with van der Waals surface area (Å²) in [5, 5.41) is 12.5. The SMILES string of the molecule is COc1nc(-c2cccc(-c3cccc(-c4ccc(CNC[C@@H]5CCC(=O)N5)c(OC)n4)c3F)c2F)ccc1CNC[C@@H]1CCC(=O)N1. The number of amides is 2. The lowest BCUT2D eigenvalue weighted by Crippen LogP contribution is -2.35. The number of carbonyl (C=O) groups is 2. The number of ether oxygens (including phenoxy) is 2. The summed E-state index contributed by atoms with van der Waals surface area (Å²) in [4.78, 5) is 32.1. The molecule has 0 radical (unpaired) electrons. The molecule has 12 heteroatoms. The number of methoxy groups -OCH3 is 2. The van der Waals surface area contributed by atoms with Crippen molar-refractivity contribution < 1.29 is 27.8 Å². The fourth-order valence-electron chi connectivity index (χ4n) is 6.16. The number of hydrogen-bond donors (Lipinski definition) is 4. The van der Waals surface area contributed by atoms with Gasteiger partial charge in [-0.15, -0.1) is 0 Å². The number of carbonyl (C=O) groups excluding carboxylic acids is 2. The van der Waals surface area contributed by atoms with Crippen LogP contribution in [-0.4, -0.2) is 61.2 Å². The lowest BCUT2D eigenvalue weighted by Gasteiger charge is -2.15. The molecule has 0 spiro atoms. The summed E-state index contributed by atoms with van der Waals surface area (Å²) >= 11 is 0. The summed E-state index contributed by atoms with van der Waals surface area (Å²) < 4.78 is 43.4. The molecule has 6 rings (SSSR count). The number of aromatic nitrogens is 2. The van der Waals surface area contributed by atoms with Crippen LogP contribution in [0.15, 0.2) is 60.7 Å². The van der Waals surface area contributed by atoms with E-state index in [0.29, 0.717) is 62.2 Å². The van der Waals surface area contributed by atoms with Gasteiger partial charge < -0.3 is 30.7 Å². The minimum Gasteiger partial charge on any atom is -0.481 e. The van der Waals surface area contributed by atoms with Crippen molar-refractivity contribution in [1.82, 2.24) is 31.2 Å². The molecule has 4 heterocycles. The van der Waals surface area contributed by atoms with Gasteiger partial charge in [0.05, 0.1) is 25.6 Å². The molecule has 4 aromatic rings. The van der Waals surface area contributed by atoms with E-state index in [0.717, 1.165) is 24.0 Å². The third kappa shape index (κ3) is 7.29. The van der Waals surface area contributed by atoms with E-state index >= 15 is 8.78 Å². The Labute approximate surface area is 277 Å². The van der Waals surface area contributed by atoms with Gasteiger partial charge in [0.2, 0.25) is 23.6 Å². The zero-order chi connectivity index (χ0) is 33.6. The number of pyridine rings is 2. The molecule has 2 aliphatic heterocycles. The highest BCUT2D eigenvalue weighted by molar-refractivity contribution is 5.79. The third-order valence-electron chi connectivity index (χ3n) is 8.69. The Hall–Kier alpha value is -4.94. The normalized spacial score (nSPS) is 17.3. The van der Waals surface area contributed by atoms with E-state index in [4.69, 9.17) is 9.47 Å². The molecule has 2 amide bonds. The molecule has 10 nitrogen and oxygen atoms in total. The summed E-state index contributed by atoms with van der Waals surface area (Å²) in [6.45, 7) is 2.15. The molecule has 0 unspecified atom stereocenters. The van der Waals surface area contributed by atoms with Crippen LogP contribution < -0.4 is 30.7 Å². The predicted molar refractivity (Wildman–Crippen MR) is 177 cm³/mol. The Bertz CT molecular complexity index is 1690. The monoisotopic (exact) mass is 656 g/mol. The zero-order valence-electron chi connectivity index (χ0n) is 26.9. The van der Waals surface area contributed by atoms with Crippen LogP contribution in [0.1, 0.15) is 36.8 Å². The molecule has 48 heavy (non-hydrogen) atoms. The molecular weight excluding hydrogens is 618 g/mol. The van der Waals surface area contributed by atoms with E-state index in [2.05, 4.69) is 31.2 Å². The van der Waals surface area contributed by atoms with E-state index in [1.165, 1.54) is 26.4 Å². The predicted octanol–water partition coefficient (Wildman–Crippen LogP) is 4.51. The van der Waals surface area contributed by atoms with Gasteiger partial charge in [0.1, 0.15) is 11.6 Å². The molecule has 0 saturated carbocycles. The maximum atomic E-state index is 16.2. The molecular formula is C36H38F2N6O4. The van der Waals surface area contributed by atoms with E-state index in [-0.39, 0.29) is 46.2 Å². The van der Waals surface area contributed by atoms with Crippen LogP contribution in [0.2, 0.25) is 0 Å². The van der Waals surface area contributed by atoms with Crippen molar-refractivity contribution in [3.05, 3.63) is 83.4 Å². The Morgan fingerprint density at radius 2 is 1.08 bits per heavy atom. The van der Waals surface area contributed by atoms with Gasteiger partial charge in [0.15, 0.2) is 0 Å². The number of benzene rings is 2. The van der Waals surface area contributed by atoms with Crippen molar-refractivity contribution in [3.63, 3.8) is 0 Å². The van der Waals surface area contributed by atoms with Crippen molar-refractivity contribution >= 4 is 11.8 Å². The first-order valence-corrected chi connectivity index (χ1v) is 16.0. The van der Waals surface area contributed by atoms with Crippen LogP contribution in [0, 0.1) is 11.6 Å². The van der Waals surface area contributed by atoms with Crippen molar-refractivity contribution in [2.45, 2.75) is 50.9 Å². The molecule has 2 aromatic heterocycles.